The molecule has 0 saturated heterocycles. The fourth-order valence-corrected chi connectivity index (χ4v) is 3.50. The Morgan fingerprint density at radius 3 is 2.69 bits per heavy atom. The van der Waals surface area contributed by atoms with Crippen molar-refractivity contribution in [3.63, 3.8) is 0 Å². The number of benzene rings is 2. The maximum Gasteiger partial charge on any atom is 0.0697 e. The van der Waals surface area contributed by atoms with E-state index in [-0.39, 0.29) is 0 Å². The molecule has 0 aliphatic carbocycles. The molecule has 0 bridgehead atoms. The molecule has 0 atom stereocenters. The highest BCUT2D eigenvalue weighted by Gasteiger charge is 2.08. The first-order valence-corrected chi connectivity index (χ1v) is 9.90. The van der Waals surface area contributed by atoms with Crippen LogP contribution in [0.4, 0.5) is 5.69 Å². The zero-order valence-corrected chi connectivity index (χ0v) is 15.8. The Kier molecular flexibility index (Phi) is 4.71. The molecule has 0 saturated carbocycles. The molecule has 132 valence electrons. The Bertz CT molecular complexity index is 1010. The van der Waals surface area contributed by atoms with Gasteiger partial charge in [-0.15, -0.1) is 0 Å². The maximum absolute atomic E-state index is 4.55. The zero-order chi connectivity index (χ0) is 17.9. The van der Waals surface area contributed by atoms with Gasteiger partial charge < -0.3 is 9.71 Å². The van der Waals surface area contributed by atoms with E-state index in [2.05, 4.69) is 77.3 Å². The van der Waals surface area contributed by atoms with Crippen molar-refractivity contribution in [3.8, 4) is 16.8 Å². The lowest BCUT2D eigenvalue weighted by atomic mass is 10.1. The molecule has 0 aliphatic rings. The van der Waals surface area contributed by atoms with Gasteiger partial charge in [0, 0.05) is 34.6 Å². The van der Waals surface area contributed by atoms with Crippen LogP contribution in [0.1, 0.15) is 19.4 Å². The highest BCUT2D eigenvalue weighted by molar-refractivity contribution is 8.00. The molecule has 2 N–H and O–H groups in total. The summed E-state index contributed by atoms with van der Waals surface area (Å²) in [7, 11) is 0. The molecule has 4 aromatic rings. The molecule has 0 aliphatic heterocycles. The fraction of sp³-hybridized carbons (Fsp3) is 0.190. The van der Waals surface area contributed by atoms with Crippen molar-refractivity contribution in [1.29, 1.82) is 0 Å². The minimum atomic E-state index is 1.02. The summed E-state index contributed by atoms with van der Waals surface area (Å²) in [4.78, 5) is 3.32. The van der Waals surface area contributed by atoms with E-state index in [9.17, 15) is 0 Å². The summed E-state index contributed by atoms with van der Waals surface area (Å²) in [6.07, 6.45) is 7.09. The van der Waals surface area contributed by atoms with Gasteiger partial charge in [-0.3, -0.25) is 0 Å². The van der Waals surface area contributed by atoms with Crippen LogP contribution in [0, 0.1) is 0 Å². The van der Waals surface area contributed by atoms with Gasteiger partial charge in [0.1, 0.15) is 0 Å². The monoisotopic (exact) mass is 362 g/mol. The summed E-state index contributed by atoms with van der Waals surface area (Å²) < 4.78 is 5.34. The molecular weight excluding hydrogens is 340 g/mol. The van der Waals surface area contributed by atoms with Crippen LogP contribution in [0.5, 0.6) is 0 Å². The van der Waals surface area contributed by atoms with Crippen molar-refractivity contribution in [2.24, 2.45) is 0 Å². The SMILES string of the molecule is CCSNc1c[nH]c2ccc(-c3cnn(-c4ccc(CC)cc4)c3)cc12. The van der Waals surface area contributed by atoms with Crippen molar-refractivity contribution in [2.75, 3.05) is 10.5 Å². The third-order valence-corrected chi connectivity index (χ3v) is 5.19. The molecule has 4 rings (SSSR count). The fourth-order valence-electron chi connectivity index (χ4n) is 3.03. The number of aromatic amines is 1. The molecule has 5 heteroatoms. The van der Waals surface area contributed by atoms with Crippen LogP contribution in [-0.2, 0) is 6.42 Å². The van der Waals surface area contributed by atoms with Gasteiger partial charge in [-0.1, -0.05) is 44.0 Å². The first-order valence-electron chi connectivity index (χ1n) is 8.91. The first-order chi connectivity index (χ1) is 12.8. The second-order valence-electron chi connectivity index (χ2n) is 6.19. The minimum absolute atomic E-state index is 1.02. The van der Waals surface area contributed by atoms with Crippen LogP contribution in [-0.4, -0.2) is 20.5 Å². The maximum atomic E-state index is 4.55. The first kappa shape index (κ1) is 16.8. The van der Waals surface area contributed by atoms with E-state index in [1.54, 1.807) is 11.9 Å². The summed E-state index contributed by atoms with van der Waals surface area (Å²) in [5.41, 5.74) is 6.95. The van der Waals surface area contributed by atoms with E-state index in [1.165, 1.54) is 10.9 Å². The number of aryl methyl sites for hydroxylation is 1. The lowest BCUT2D eigenvalue weighted by Crippen LogP contribution is -1.93. The number of nitrogens with zero attached hydrogens (tertiary/aromatic N) is 2. The number of aromatic nitrogens is 3. The van der Waals surface area contributed by atoms with Gasteiger partial charge in [0.2, 0.25) is 0 Å². The summed E-state index contributed by atoms with van der Waals surface area (Å²) in [6, 6.07) is 15.0. The standard InChI is InChI=1S/C21H22N4S/c1-3-15-5-8-18(9-6-15)25-14-17(12-23-25)16-7-10-20-19(11-16)21(13-22-20)24-26-4-2/h5-14,22,24H,3-4H2,1-2H3. The smallest absolute Gasteiger partial charge is 0.0697 e. The molecule has 0 radical (unpaired) electrons. The van der Waals surface area contributed by atoms with Gasteiger partial charge >= 0.3 is 0 Å². The van der Waals surface area contributed by atoms with Crippen LogP contribution in [0.15, 0.2) is 61.1 Å². The third-order valence-electron chi connectivity index (χ3n) is 4.53. The topological polar surface area (TPSA) is 45.6 Å². The van der Waals surface area contributed by atoms with Gasteiger partial charge in [0.25, 0.3) is 0 Å². The van der Waals surface area contributed by atoms with Gasteiger partial charge in [-0.05, 0) is 41.8 Å². The van der Waals surface area contributed by atoms with Crippen molar-refractivity contribution in [3.05, 3.63) is 66.6 Å². The Morgan fingerprint density at radius 1 is 1.08 bits per heavy atom. The largest absolute Gasteiger partial charge is 0.359 e. The molecule has 0 spiro atoms. The van der Waals surface area contributed by atoms with Gasteiger partial charge in [0.05, 0.1) is 17.6 Å². The molecule has 0 amide bonds. The van der Waals surface area contributed by atoms with Gasteiger partial charge in [-0.25, -0.2) is 4.68 Å². The summed E-state index contributed by atoms with van der Waals surface area (Å²) in [5.74, 6) is 1.02. The van der Waals surface area contributed by atoms with Crippen LogP contribution >= 0.6 is 11.9 Å². The molecule has 2 aromatic heterocycles. The average molecular weight is 363 g/mol. The van der Waals surface area contributed by atoms with E-state index >= 15 is 0 Å². The second kappa shape index (κ2) is 7.30. The highest BCUT2D eigenvalue weighted by atomic mass is 32.2. The van der Waals surface area contributed by atoms with E-state index in [1.807, 2.05) is 17.1 Å². The summed E-state index contributed by atoms with van der Waals surface area (Å²) in [5, 5.41) is 5.74. The predicted molar refractivity (Wildman–Crippen MR) is 112 cm³/mol. The van der Waals surface area contributed by atoms with E-state index < -0.39 is 0 Å². The average Bonchev–Trinajstić information content (AvgIpc) is 3.33. The van der Waals surface area contributed by atoms with Crippen LogP contribution in [0.25, 0.3) is 27.7 Å². The van der Waals surface area contributed by atoms with Crippen molar-refractivity contribution < 1.29 is 0 Å². The van der Waals surface area contributed by atoms with Gasteiger partial charge in [0.15, 0.2) is 0 Å². The molecule has 4 nitrogen and oxygen atoms in total. The molecular formula is C21H22N4S. The number of hydrogen-bond donors (Lipinski definition) is 2. The number of nitrogens with one attached hydrogen (secondary N) is 2. The van der Waals surface area contributed by atoms with E-state index in [0.29, 0.717) is 0 Å². The molecule has 0 fully saturated rings. The Morgan fingerprint density at radius 2 is 1.92 bits per heavy atom. The predicted octanol–water partition coefficient (Wildman–Crippen LogP) is 5.66. The number of rotatable bonds is 6. The van der Waals surface area contributed by atoms with E-state index in [0.717, 1.165) is 40.2 Å². The number of H-pyrrole nitrogens is 1. The third kappa shape index (κ3) is 3.22. The highest BCUT2D eigenvalue weighted by Crippen LogP contribution is 2.30. The normalized spacial score (nSPS) is 11.2. The molecule has 2 heterocycles. The zero-order valence-electron chi connectivity index (χ0n) is 15.0. The van der Waals surface area contributed by atoms with Gasteiger partial charge in [-0.2, -0.15) is 5.10 Å². The lowest BCUT2D eigenvalue weighted by Gasteiger charge is -2.04. The second-order valence-corrected chi connectivity index (χ2v) is 7.26. The molecule has 26 heavy (non-hydrogen) atoms. The Balaban J connectivity index is 1.66. The Hall–Kier alpha value is -2.66. The number of fused-ring (bicyclic) bond motifs is 1. The van der Waals surface area contributed by atoms with Crippen molar-refractivity contribution in [1.82, 2.24) is 14.8 Å². The lowest BCUT2D eigenvalue weighted by molar-refractivity contribution is 0.879. The minimum Gasteiger partial charge on any atom is -0.359 e. The molecule has 2 aromatic carbocycles. The van der Waals surface area contributed by atoms with Crippen LogP contribution in [0.2, 0.25) is 0 Å². The number of hydrogen-bond acceptors (Lipinski definition) is 3. The quantitative estimate of drug-likeness (QED) is 0.435. The van der Waals surface area contributed by atoms with E-state index in [4.69, 9.17) is 0 Å². The number of anilines is 1. The Labute approximate surface area is 157 Å². The van der Waals surface area contributed by atoms with Crippen LogP contribution < -0.4 is 4.72 Å². The molecule has 0 unspecified atom stereocenters. The van der Waals surface area contributed by atoms with Crippen molar-refractivity contribution in [2.45, 2.75) is 20.3 Å². The summed E-state index contributed by atoms with van der Waals surface area (Å²) >= 11 is 1.70. The summed E-state index contributed by atoms with van der Waals surface area (Å²) in [6.45, 7) is 4.31. The van der Waals surface area contributed by atoms with Crippen LogP contribution in [0.3, 0.4) is 0 Å². The van der Waals surface area contributed by atoms with Crippen molar-refractivity contribution >= 4 is 28.5 Å².